The lowest BCUT2D eigenvalue weighted by Gasteiger charge is -1.91. The lowest BCUT2D eigenvalue weighted by atomic mass is 10.2. The van der Waals surface area contributed by atoms with Gasteiger partial charge in [-0.25, -0.2) is 0 Å². The first-order valence-corrected chi connectivity index (χ1v) is 3.90. The third-order valence-corrected chi connectivity index (χ3v) is 1.22. The standard InChI is InChI=1S/C9H10.C2H6O/c1-2-6-9-7-4-3-5-8-9;1-3-2/h2-5,7-8H,1,6H2;1-2H3. The maximum Gasteiger partial charge on any atom is 0.0351 e. The van der Waals surface area contributed by atoms with Crippen LogP contribution in [0.2, 0.25) is 0 Å². The van der Waals surface area contributed by atoms with Gasteiger partial charge in [-0.1, -0.05) is 36.4 Å². The maximum atomic E-state index is 4.25. The van der Waals surface area contributed by atoms with E-state index in [0.717, 1.165) is 6.42 Å². The van der Waals surface area contributed by atoms with Crippen molar-refractivity contribution in [3.8, 4) is 0 Å². The lowest BCUT2D eigenvalue weighted by molar-refractivity contribution is 0.277. The first kappa shape index (κ1) is 10.9. The van der Waals surface area contributed by atoms with Crippen molar-refractivity contribution >= 4 is 0 Å². The zero-order chi connectivity index (χ0) is 9.23. The molecule has 0 fully saturated rings. The summed E-state index contributed by atoms with van der Waals surface area (Å²) in [6, 6.07) is 10.3. The van der Waals surface area contributed by atoms with E-state index < -0.39 is 0 Å². The molecule has 66 valence electrons. The molecule has 0 saturated carbocycles. The van der Waals surface area contributed by atoms with Crippen LogP contribution in [0.5, 0.6) is 0 Å². The number of methoxy groups -OCH3 is 1. The number of rotatable bonds is 2. The van der Waals surface area contributed by atoms with Crippen LogP contribution in [0.15, 0.2) is 43.0 Å². The molecule has 0 N–H and O–H groups in total. The molecule has 0 spiro atoms. The van der Waals surface area contributed by atoms with Crippen molar-refractivity contribution in [2.24, 2.45) is 0 Å². The fourth-order valence-electron chi connectivity index (χ4n) is 0.781. The third kappa shape index (κ3) is 5.69. The molecule has 1 rings (SSSR count). The summed E-state index contributed by atoms with van der Waals surface area (Å²) in [5.74, 6) is 0. The molecule has 0 aromatic heterocycles. The van der Waals surface area contributed by atoms with E-state index in [0.29, 0.717) is 0 Å². The third-order valence-electron chi connectivity index (χ3n) is 1.22. The Labute approximate surface area is 74.7 Å². The van der Waals surface area contributed by atoms with Gasteiger partial charge in [0.25, 0.3) is 0 Å². The summed E-state index contributed by atoms with van der Waals surface area (Å²) in [5, 5.41) is 0. The molecule has 1 aromatic carbocycles. The average molecular weight is 164 g/mol. The van der Waals surface area contributed by atoms with Crippen LogP contribution in [-0.2, 0) is 11.2 Å². The van der Waals surface area contributed by atoms with E-state index in [9.17, 15) is 0 Å². The normalized spacial score (nSPS) is 8.17. The fourth-order valence-corrected chi connectivity index (χ4v) is 0.781. The molecule has 0 aliphatic carbocycles. The van der Waals surface area contributed by atoms with E-state index in [1.165, 1.54) is 5.56 Å². The Morgan fingerprint density at radius 3 is 2.17 bits per heavy atom. The van der Waals surface area contributed by atoms with Crippen molar-refractivity contribution in [2.75, 3.05) is 14.2 Å². The number of hydrogen-bond acceptors (Lipinski definition) is 1. The molecule has 0 saturated heterocycles. The van der Waals surface area contributed by atoms with Gasteiger partial charge in [0.05, 0.1) is 0 Å². The summed E-state index contributed by atoms with van der Waals surface area (Å²) in [6.45, 7) is 3.66. The van der Waals surface area contributed by atoms with Crippen LogP contribution < -0.4 is 0 Å². The maximum absolute atomic E-state index is 4.25. The lowest BCUT2D eigenvalue weighted by Crippen LogP contribution is -1.75. The topological polar surface area (TPSA) is 9.23 Å². The van der Waals surface area contributed by atoms with Crippen LogP contribution >= 0.6 is 0 Å². The van der Waals surface area contributed by atoms with Gasteiger partial charge < -0.3 is 4.74 Å². The van der Waals surface area contributed by atoms with Crippen molar-refractivity contribution in [3.05, 3.63) is 48.6 Å². The highest BCUT2D eigenvalue weighted by atomic mass is 16.4. The van der Waals surface area contributed by atoms with Gasteiger partial charge in [0.15, 0.2) is 0 Å². The molecule has 0 bridgehead atoms. The molecule has 0 amide bonds. The first-order valence-electron chi connectivity index (χ1n) is 3.90. The van der Waals surface area contributed by atoms with Gasteiger partial charge in [0.1, 0.15) is 0 Å². The summed E-state index contributed by atoms with van der Waals surface area (Å²) in [6.07, 6.45) is 2.89. The number of hydrogen-bond donors (Lipinski definition) is 0. The molecular weight excluding hydrogens is 148 g/mol. The summed E-state index contributed by atoms with van der Waals surface area (Å²) < 4.78 is 4.25. The van der Waals surface area contributed by atoms with Gasteiger partial charge in [0, 0.05) is 14.2 Å². The number of ether oxygens (including phenoxy) is 1. The van der Waals surface area contributed by atoms with Crippen LogP contribution in [0.3, 0.4) is 0 Å². The van der Waals surface area contributed by atoms with Gasteiger partial charge in [-0.3, -0.25) is 0 Å². The Hall–Kier alpha value is -1.08. The van der Waals surface area contributed by atoms with Gasteiger partial charge in [-0.05, 0) is 12.0 Å². The van der Waals surface area contributed by atoms with E-state index in [-0.39, 0.29) is 0 Å². The molecule has 0 heterocycles. The van der Waals surface area contributed by atoms with Crippen LogP contribution in [-0.4, -0.2) is 14.2 Å². The smallest absolute Gasteiger partial charge is 0.0351 e. The predicted octanol–water partition coefficient (Wildman–Crippen LogP) is 2.68. The second-order valence-corrected chi connectivity index (χ2v) is 2.39. The molecule has 12 heavy (non-hydrogen) atoms. The van der Waals surface area contributed by atoms with Gasteiger partial charge >= 0.3 is 0 Å². The highest BCUT2D eigenvalue weighted by Gasteiger charge is 1.82. The van der Waals surface area contributed by atoms with E-state index >= 15 is 0 Å². The van der Waals surface area contributed by atoms with E-state index in [4.69, 9.17) is 0 Å². The van der Waals surface area contributed by atoms with Crippen LogP contribution in [0.1, 0.15) is 5.56 Å². The first-order chi connectivity index (χ1) is 5.85. The largest absolute Gasteiger partial charge is 0.388 e. The monoisotopic (exact) mass is 164 g/mol. The highest BCUT2D eigenvalue weighted by molar-refractivity contribution is 5.16. The Kier molecular flexibility index (Phi) is 7.30. The van der Waals surface area contributed by atoms with Gasteiger partial charge in [0.2, 0.25) is 0 Å². The quantitative estimate of drug-likeness (QED) is 0.611. The second-order valence-electron chi connectivity index (χ2n) is 2.39. The number of benzene rings is 1. The van der Waals surface area contributed by atoms with Crippen LogP contribution in [0, 0.1) is 0 Å². The minimum absolute atomic E-state index is 0.973. The molecule has 1 heteroatoms. The fraction of sp³-hybridized carbons (Fsp3) is 0.273. The van der Waals surface area contributed by atoms with Gasteiger partial charge in [-0.15, -0.1) is 6.58 Å². The van der Waals surface area contributed by atoms with E-state index in [2.05, 4.69) is 23.4 Å². The molecule has 0 unspecified atom stereocenters. The summed E-state index contributed by atoms with van der Waals surface area (Å²) in [4.78, 5) is 0. The van der Waals surface area contributed by atoms with Crippen molar-refractivity contribution < 1.29 is 4.74 Å². The Morgan fingerprint density at radius 2 is 1.75 bits per heavy atom. The Bertz CT molecular complexity index is 191. The molecule has 0 radical (unpaired) electrons. The predicted molar refractivity (Wildman–Crippen MR) is 53.3 cm³/mol. The average Bonchev–Trinajstić information content (AvgIpc) is 2.08. The summed E-state index contributed by atoms with van der Waals surface area (Å²) >= 11 is 0. The van der Waals surface area contributed by atoms with Crippen molar-refractivity contribution in [1.29, 1.82) is 0 Å². The van der Waals surface area contributed by atoms with E-state index in [1.807, 2.05) is 24.3 Å². The van der Waals surface area contributed by atoms with Crippen molar-refractivity contribution in [2.45, 2.75) is 6.42 Å². The zero-order valence-corrected chi connectivity index (χ0v) is 7.79. The minimum atomic E-state index is 0.973. The zero-order valence-electron chi connectivity index (χ0n) is 7.79. The Balaban J connectivity index is 0.000000354. The van der Waals surface area contributed by atoms with Gasteiger partial charge in [-0.2, -0.15) is 0 Å². The highest BCUT2D eigenvalue weighted by Crippen LogP contribution is 1.98. The van der Waals surface area contributed by atoms with Crippen LogP contribution in [0.25, 0.3) is 0 Å². The molecule has 1 nitrogen and oxygen atoms in total. The molecule has 1 aromatic rings. The molecule has 0 atom stereocenters. The van der Waals surface area contributed by atoms with E-state index in [1.54, 1.807) is 14.2 Å². The molecule has 0 aliphatic rings. The SMILES string of the molecule is C=CCc1ccccc1.COC. The second kappa shape index (κ2) is 8.02. The minimum Gasteiger partial charge on any atom is -0.388 e. The Morgan fingerprint density at radius 1 is 1.25 bits per heavy atom. The summed E-state index contributed by atoms with van der Waals surface area (Å²) in [5.41, 5.74) is 1.33. The van der Waals surface area contributed by atoms with Crippen molar-refractivity contribution in [1.82, 2.24) is 0 Å². The van der Waals surface area contributed by atoms with Crippen LogP contribution in [0.4, 0.5) is 0 Å². The molecule has 0 aliphatic heterocycles. The number of allylic oxidation sites excluding steroid dienone is 1. The summed E-state index contributed by atoms with van der Waals surface area (Å²) in [7, 11) is 3.25. The molecular formula is C11H16O. The van der Waals surface area contributed by atoms with Crippen molar-refractivity contribution in [3.63, 3.8) is 0 Å².